The van der Waals surface area contributed by atoms with Gasteiger partial charge in [0.2, 0.25) is 0 Å². The molecule has 0 fully saturated rings. The van der Waals surface area contributed by atoms with Crippen molar-refractivity contribution in [1.29, 1.82) is 0 Å². The molecule has 0 saturated carbocycles. The number of pyridine rings is 1. The number of carbonyl (C=O) groups is 2. The Morgan fingerprint density at radius 2 is 1.59 bits per heavy atom. The van der Waals surface area contributed by atoms with E-state index in [2.05, 4.69) is 15.6 Å². The largest absolute Gasteiger partial charge is 0.351 e. The van der Waals surface area contributed by atoms with Crippen molar-refractivity contribution < 1.29 is 14.0 Å². The van der Waals surface area contributed by atoms with Gasteiger partial charge in [0.05, 0.1) is 0 Å². The van der Waals surface area contributed by atoms with Crippen LogP contribution in [0.5, 0.6) is 0 Å². The lowest BCUT2D eigenvalue weighted by atomic mass is 10.1. The molecular weight excluding hydrogens is 347 g/mol. The third-order valence-corrected chi connectivity index (χ3v) is 3.92. The fourth-order valence-corrected chi connectivity index (χ4v) is 2.48. The first kappa shape index (κ1) is 20.5. The van der Waals surface area contributed by atoms with E-state index in [1.54, 1.807) is 36.4 Å². The molecule has 0 aliphatic rings. The number of rotatable bonds is 9. The number of nitrogens with one attached hydrogen (secondary N) is 2. The highest BCUT2D eigenvalue weighted by molar-refractivity contribution is 5.96. The molecule has 1 aromatic carbocycles. The van der Waals surface area contributed by atoms with Crippen molar-refractivity contribution in [2.45, 2.75) is 12.8 Å². The maximum atomic E-state index is 13.6. The summed E-state index contributed by atoms with van der Waals surface area (Å²) in [5, 5.41) is 5.49. The molecule has 2 rings (SSSR count). The Bertz CT molecular complexity index is 780. The number of nitrogens with zero attached hydrogens (tertiary/aromatic N) is 2. The number of carbonyl (C=O) groups excluding carboxylic acids is 2. The van der Waals surface area contributed by atoms with E-state index in [9.17, 15) is 14.0 Å². The van der Waals surface area contributed by atoms with Crippen LogP contribution in [0, 0.1) is 5.82 Å². The van der Waals surface area contributed by atoms with Crippen molar-refractivity contribution in [3.05, 3.63) is 65.2 Å². The first-order chi connectivity index (χ1) is 13.0. The molecular formula is C20H25FN4O2. The Labute approximate surface area is 158 Å². The van der Waals surface area contributed by atoms with Crippen molar-refractivity contribution in [2.24, 2.45) is 0 Å². The van der Waals surface area contributed by atoms with Crippen molar-refractivity contribution in [1.82, 2.24) is 20.5 Å². The predicted molar refractivity (Wildman–Crippen MR) is 102 cm³/mol. The van der Waals surface area contributed by atoms with E-state index >= 15 is 0 Å². The molecule has 0 aliphatic heterocycles. The van der Waals surface area contributed by atoms with Gasteiger partial charge in [-0.2, -0.15) is 0 Å². The molecule has 2 aromatic rings. The van der Waals surface area contributed by atoms with E-state index in [-0.39, 0.29) is 29.7 Å². The number of amides is 2. The third kappa shape index (κ3) is 6.79. The average Bonchev–Trinajstić information content (AvgIpc) is 2.66. The first-order valence-electron chi connectivity index (χ1n) is 8.89. The Morgan fingerprint density at radius 1 is 0.963 bits per heavy atom. The first-order valence-corrected chi connectivity index (χ1v) is 8.89. The fraction of sp³-hybridized carbons (Fsp3) is 0.350. The summed E-state index contributed by atoms with van der Waals surface area (Å²) in [6.45, 7) is 1.69. The zero-order valence-corrected chi connectivity index (χ0v) is 15.7. The molecule has 27 heavy (non-hydrogen) atoms. The van der Waals surface area contributed by atoms with Crippen LogP contribution < -0.4 is 10.6 Å². The van der Waals surface area contributed by atoms with Gasteiger partial charge in [0.25, 0.3) is 11.8 Å². The summed E-state index contributed by atoms with van der Waals surface area (Å²) in [6.07, 6.45) is 1.21. The second-order valence-corrected chi connectivity index (χ2v) is 6.42. The van der Waals surface area contributed by atoms with E-state index < -0.39 is 5.91 Å². The van der Waals surface area contributed by atoms with Crippen LogP contribution >= 0.6 is 0 Å². The summed E-state index contributed by atoms with van der Waals surface area (Å²) in [7, 11) is 3.94. The molecule has 6 nitrogen and oxygen atoms in total. The van der Waals surface area contributed by atoms with E-state index in [0.717, 1.165) is 13.0 Å². The lowest BCUT2D eigenvalue weighted by molar-refractivity contribution is 0.0944. The topological polar surface area (TPSA) is 74.3 Å². The Kier molecular flexibility index (Phi) is 7.88. The van der Waals surface area contributed by atoms with Crippen LogP contribution in [0.1, 0.15) is 33.0 Å². The number of benzene rings is 1. The molecule has 0 bridgehead atoms. The second kappa shape index (κ2) is 10.4. The Balaban J connectivity index is 1.85. The van der Waals surface area contributed by atoms with Crippen molar-refractivity contribution in [2.75, 3.05) is 33.7 Å². The summed E-state index contributed by atoms with van der Waals surface area (Å²) in [5.41, 5.74) is 0.891. The summed E-state index contributed by atoms with van der Waals surface area (Å²) >= 11 is 0. The lowest BCUT2D eigenvalue weighted by Crippen LogP contribution is -2.30. The standard InChI is InChI=1S/C20H25FN4O2/c1-25(2)14-6-12-22-19(26)17-9-5-10-18(24-17)20(27)23-13-11-15-7-3-4-8-16(15)21/h3-5,7-10H,6,11-14H2,1-2H3,(H,22,26)(H,23,27). The predicted octanol–water partition coefficient (Wildman–Crippen LogP) is 1.87. The molecule has 1 heterocycles. The Hall–Kier alpha value is -2.80. The average molecular weight is 372 g/mol. The maximum Gasteiger partial charge on any atom is 0.269 e. The highest BCUT2D eigenvalue weighted by Crippen LogP contribution is 2.06. The van der Waals surface area contributed by atoms with Crippen molar-refractivity contribution >= 4 is 11.8 Å². The number of halogens is 1. The van der Waals surface area contributed by atoms with Crippen LogP contribution in [0.2, 0.25) is 0 Å². The summed E-state index contributed by atoms with van der Waals surface area (Å²) < 4.78 is 13.6. The molecule has 7 heteroatoms. The van der Waals surface area contributed by atoms with Gasteiger partial charge in [-0.25, -0.2) is 9.37 Å². The highest BCUT2D eigenvalue weighted by Gasteiger charge is 2.12. The van der Waals surface area contributed by atoms with Crippen LogP contribution in [-0.2, 0) is 6.42 Å². The van der Waals surface area contributed by atoms with Gasteiger partial charge in [-0.3, -0.25) is 9.59 Å². The number of hydrogen-bond donors (Lipinski definition) is 2. The maximum absolute atomic E-state index is 13.6. The zero-order valence-electron chi connectivity index (χ0n) is 15.7. The highest BCUT2D eigenvalue weighted by atomic mass is 19.1. The summed E-state index contributed by atoms with van der Waals surface area (Å²) in [6, 6.07) is 11.2. The minimum atomic E-state index is -0.395. The molecule has 2 amide bonds. The van der Waals surface area contributed by atoms with Crippen molar-refractivity contribution in [3.8, 4) is 0 Å². The van der Waals surface area contributed by atoms with Crippen LogP contribution in [0.3, 0.4) is 0 Å². The molecule has 0 radical (unpaired) electrons. The number of aromatic nitrogens is 1. The quantitative estimate of drug-likeness (QED) is 0.659. The van der Waals surface area contributed by atoms with Crippen LogP contribution in [0.25, 0.3) is 0 Å². The van der Waals surface area contributed by atoms with Gasteiger partial charge in [0.15, 0.2) is 0 Å². The normalized spacial score (nSPS) is 10.7. The lowest BCUT2D eigenvalue weighted by Gasteiger charge is -2.10. The molecule has 0 spiro atoms. The molecule has 2 N–H and O–H groups in total. The second-order valence-electron chi connectivity index (χ2n) is 6.42. The van der Waals surface area contributed by atoms with Gasteiger partial charge >= 0.3 is 0 Å². The van der Waals surface area contributed by atoms with E-state index in [0.29, 0.717) is 18.5 Å². The smallest absolute Gasteiger partial charge is 0.269 e. The fourth-order valence-electron chi connectivity index (χ4n) is 2.48. The molecule has 0 aliphatic carbocycles. The van der Waals surface area contributed by atoms with Gasteiger partial charge in [-0.05, 0) is 57.2 Å². The summed E-state index contributed by atoms with van der Waals surface area (Å²) in [5.74, 6) is -0.999. The summed E-state index contributed by atoms with van der Waals surface area (Å²) in [4.78, 5) is 30.5. The van der Waals surface area contributed by atoms with Gasteiger partial charge in [-0.1, -0.05) is 24.3 Å². The minimum Gasteiger partial charge on any atom is -0.351 e. The van der Waals surface area contributed by atoms with Gasteiger partial charge < -0.3 is 15.5 Å². The molecule has 0 atom stereocenters. The third-order valence-electron chi connectivity index (χ3n) is 3.92. The Morgan fingerprint density at radius 3 is 2.22 bits per heavy atom. The molecule has 0 saturated heterocycles. The van der Waals surface area contributed by atoms with Gasteiger partial charge in [-0.15, -0.1) is 0 Å². The monoisotopic (exact) mass is 372 g/mol. The zero-order chi connectivity index (χ0) is 19.6. The van der Waals surface area contributed by atoms with Crippen LogP contribution in [0.4, 0.5) is 4.39 Å². The van der Waals surface area contributed by atoms with Crippen LogP contribution in [0.15, 0.2) is 42.5 Å². The van der Waals surface area contributed by atoms with E-state index in [1.165, 1.54) is 6.07 Å². The molecule has 0 unspecified atom stereocenters. The van der Waals surface area contributed by atoms with Gasteiger partial charge in [0.1, 0.15) is 17.2 Å². The van der Waals surface area contributed by atoms with Crippen molar-refractivity contribution in [3.63, 3.8) is 0 Å². The minimum absolute atomic E-state index is 0.157. The number of hydrogen-bond acceptors (Lipinski definition) is 4. The van der Waals surface area contributed by atoms with Crippen LogP contribution in [-0.4, -0.2) is 55.4 Å². The van der Waals surface area contributed by atoms with E-state index in [4.69, 9.17) is 0 Å². The van der Waals surface area contributed by atoms with Gasteiger partial charge in [0, 0.05) is 13.1 Å². The SMILES string of the molecule is CN(C)CCCNC(=O)c1cccc(C(=O)NCCc2ccccc2F)n1. The molecule has 144 valence electrons. The van der Waals surface area contributed by atoms with E-state index in [1.807, 2.05) is 19.0 Å². The molecule has 1 aromatic heterocycles.